The lowest BCUT2D eigenvalue weighted by molar-refractivity contribution is 0.0469. The molecule has 128 valence electrons. The van der Waals surface area contributed by atoms with Crippen LogP contribution in [0.1, 0.15) is 46.5 Å². The van der Waals surface area contributed by atoms with Gasteiger partial charge in [0.05, 0.1) is 0 Å². The fraction of sp³-hybridized carbons (Fsp3) is 0.938. The number of hydrazine groups is 1. The molecule has 1 saturated heterocycles. The molecular weight excluding hydrogens is 280 g/mol. The molecule has 0 atom stereocenters. The SMILES string of the molecule is CN1CCN(NC2CCC(NC(=O)OC(C)(C)C)CC2)CC1. The molecular formula is C16H32N4O2. The largest absolute Gasteiger partial charge is 0.444 e. The molecule has 0 bridgehead atoms. The summed E-state index contributed by atoms with van der Waals surface area (Å²) < 4.78 is 5.32. The van der Waals surface area contributed by atoms with Crippen LogP contribution >= 0.6 is 0 Å². The zero-order chi connectivity index (χ0) is 16.2. The van der Waals surface area contributed by atoms with Crippen LogP contribution in [0, 0.1) is 0 Å². The third kappa shape index (κ3) is 6.10. The summed E-state index contributed by atoms with van der Waals surface area (Å²) in [6, 6.07) is 0.792. The van der Waals surface area contributed by atoms with E-state index in [2.05, 4.69) is 27.7 Å². The summed E-state index contributed by atoms with van der Waals surface area (Å²) in [5.41, 5.74) is 3.23. The van der Waals surface area contributed by atoms with Gasteiger partial charge in [-0.25, -0.2) is 9.80 Å². The highest BCUT2D eigenvalue weighted by Gasteiger charge is 2.26. The van der Waals surface area contributed by atoms with Crippen LogP contribution < -0.4 is 10.7 Å². The van der Waals surface area contributed by atoms with E-state index in [9.17, 15) is 4.79 Å². The second-order valence-electron chi connectivity index (χ2n) is 7.61. The van der Waals surface area contributed by atoms with Gasteiger partial charge in [0.2, 0.25) is 0 Å². The number of piperazine rings is 1. The summed E-state index contributed by atoms with van der Waals surface area (Å²) >= 11 is 0. The first kappa shape index (κ1) is 17.5. The van der Waals surface area contributed by atoms with Crippen LogP contribution in [-0.2, 0) is 4.74 Å². The number of hydrogen-bond donors (Lipinski definition) is 2. The van der Waals surface area contributed by atoms with Gasteiger partial charge in [-0.2, -0.15) is 0 Å². The van der Waals surface area contributed by atoms with Crippen molar-refractivity contribution in [1.29, 1.82) is 0 Å². The van der Waals surface area contributed by atoms with E-state index >= 15 is 0 Å². The Bertz CT molecular complexity index is 354. The number of hydrogen-bond acceptors (Lipinski definition) is 5. The summed E-state index contributed by atoms with van der Waals surface area (Å²) in [7, 11) is 2.17. The Morgan fingerprint density at radius 2 is 1.55 bits per heavy atom. The van der Waals surface area contributed by atoms with Crippen molar-refractivity contribution in [2.75, 3.05) is 33.2 Å². The van der Waals surface area contributed by atoms with Gasteiger partial charge in [-0.3, -0.25) is 5.43 Å². The molecule has 6 heteroatoms. The molecule has 2 N–H and O–H groups in total. The van der Waals surface area contributed by atoms with Crippen LogP contribution in [0.15, 0.2) is 0 Å². The van der Waals surface area contributed by atoms with Gasteiger partial charge >= 0.3 is 6.09 Å². The first-order valence-electron chi connectivity index (χ1n) is 8.51. The zero-order valence-electron chi connectivity index (χ0n) is 14.5. The van der Waals surface area contributed by atoms with E-state index in [-0.39, 0.29) is 12.1 Å². The Morgan fingerprint density at radius 1 is 1.00 bits per heavy atom. The molecule has 1 aliphatic heterocycles. The number of likely N-dealkylation sites (N-methyl/N-ethyl adjacent to an activating group) is 1. The lowest BCUT2D eigenvalue weighted by atomic mass is 9.91. The standard InChI is InChI=1S/C16H32N4O2/c1-16(2,3)22-15(21)17-13-5-7-14(8-6-13)18-20-11-9-19(4)10-12-20/h13-14,18H,5-12H2,1-4H3,(H,17,21). The average Bonchev–Trinajstić information content (AvgIpc) is 2.41. The van der Waals surface area contributed by atoms with E-state index in [1.807, 2.05) is 20.8 Å². The zero-order valence-corrected chi connectivity index (χ0v) is 14.5. The van der Waals surface area contributed by atoms with E-state index in [1.165, 1.54) is 0 Å². The van der Waals surface area contributed by atoms with Crippen molar-refractivity contribution < 1.29 is 9.53 Å². The maximum atomic E-state index is 11.8. The fourth-order valence-corrected chi connectivity index (χ4v) is 3.03. The predicted octanol–water partition coefficient (Wildman–Crippen LogP) is 1.57. The maximum absolute atomic E-state index is 11.8. The van der Waals surface area contributed by atoms with E-state index in [1.54, 1.807) is 0 Å². The van der Waals surface area contributed by atoms with Crippen LogP contribution in [0.2, 0.25) is 0 Å². The molecule has 1 heterocycles. The minimum absolute atomic E-state index is 0.250. The molecule has 1 aliphatic carbocycles. The number of rotatable bonds is 3. The molecule has 2 fully saturated rings. The van der Waals surface area contributed by atoms with Crippen LogP contribution in [-0.4, -0.2) is 66.9 Å². The molecule has 0 aromatic rings. The smallest absolute Gasteiger partial charge is 0.407 e. The van der Waals surface area contributed by atoms with Crippen LogP contribution in [0.4, 0.5) is 4.79 Å². The van der Waals surface area contributed by atoms with Gasteiger partial charge in [0.1, 0.15) is 5.60 Å². The first-order valence-corrected chi connectivity index (χ1v) is 8.51. The first-order chi connectivity index (χ1) is 10.3. The number of alkyl carbamates (subject to hydrolysis) is 1. The van der Waals surface area contributed by atoms with Gasteiger partial charge in [0.25, 0.3) is 0 Å². The minimum Gasteiger partial charge on any atom is -0.444 e. The molecule has 0 unspecified atom stereocenters. The van der Waals surface area contributed by atoms with E-state index in [0.29, 0.717) is 6.04 Å². The highest BCUT2D eigenvalue weighted by atomic mass is 16.6. The predicted molar refractivity (Wildman–Crippen MR) is 87.6 cm³/mol. The van der Waals surface area contributed by atoms with Crippen molar-refractivity contribution in [3.63, 3.8) is 0 Å². The van der Waals surface area contributed by atoms with Crippen LogP contribution in [0.5, 0.6) is 0 Å². The summed E-state index contributed by atoms with van der Waals surface area (Å²) in [4.78, 5) is 14.2. The average molecular weight is 312 g/mol. The number of carbonyl (C=O) groups is 1. The molecule has 0 aromatic carbocycles. The molecule has 6 nitrogen and oxygen atoms in total. The number of carbonyl (C=O) groups excluding carboxylic acids is 1. The molecule has 0 spiro atoms. The summed E-state index contributed by atoms with van der Waals surface area (Å²) in [5.74, 6) is 0. The summed E-state index contributed by atoms with van der Waals surface area (Å²) in [5, 5.41) is 5.35. The topological polar surface area (TPSA) is 56.8 Å². The van der Waals surface area contributed by atoms with Crippen molar-refractivity contribution in [3.05, 3.63) is 0 Å². The molecule has 1 saturated carbocycles. The number of amides is 1. The lowest BCUT2D eigenvalue weighted by Crippen LogP contribution is -2.55. The fourth-order valence-electron chi connectivity index (χ4n) is 3.03. The Morgan fingerprint density at radius 3 is 2.09 bits per heavy atom. The van der Waals surface area contributed by atoms with Crippen molar-refractivity contribution in [2.24, 2.45) is 0 Å². The third-order valence-corrected chi connectivity index (χ3v) is 4.32. The molecule has 2 rings (SSSR count). The second-order valence-corrected chi connectivity index (χ2v) is 7.61. The number of nitrogens with zero attached hydrogens (tertiary/aromatic N) is 2. The normalized spacial score (nSPS) is 28.4. The van der Waals surface area contributed by atoms with Crippen molar-refractivity contribution in [1.82, 2.24) is 20.7 Å². The Kier molecular flexibility index (Phi) is 6.06. The van der Waals surface area contributed by atoms with Crippen LogP contribution in [0.25, 0.3) is 0 Å². The highest BCUT2D eigenvalue weighted by molar-refractivity contribution is 5.68. The summed E-state index contributed by atoms with van der Waals surface area (Å²) in [6.07, 6.45) is 3.96. The Labute approximate surface area is 134 Å². The van der Waals surface area contributed by atoms with Gasteiger partial charge in [-0.05, 0) is 53.5 Å². The summed E-state index contributed by atoms with van der Waals surface area (Å²) in [6.45, 7) is 10.1. The van der Waals surface area contributed by atoms with Gasteiger partial charge < -0.3 is 15.0 Å². The van der Waals surface area contributed by atoms with E-state index < -0.39 is 5.60 Å². The number of ether oxygens (including phenoxy) is 1. The minimum atomic E-state index is -0.426. The maximum Gasteiger partial charge on any atom is 0.407 e. The van der Waals surface area contributed by atoms with Gasteiger partial charge in [-0.15, -0.1) is 0 Å². The monoisotopic (exact) mass is 312 g/mol. The molecule has 22 heavy (non-hydrogen) atoms. The Hall–Kier alpha value is -0.850. The lowest BCUT2D eigenvalue weighted by Gasteiger charge is -2.38. The third-order valence-electron chi connectivity index (χ3n) is 4.32. The molecule has 2 aliphatic rings. The van der Waals surface area contributed by atoms with Gasteiger partial charge in [0, 0.05) is 38.3 Å². The number of nitrogens with one attached hydrogen (secondary N) is 2. The highest BCUT2D eigenvalue weighted by Crippen LogP contribution is 2.20. The van der Waals surface area contributed by atoms with Crippen molar-refractivity contribution in [2.45, 2.75) is 64.1 Å². The van der Waals surface area contributed by atoms with E-state index in [0.717, 1.165) is 51.9 Å². The van der Waals surface area contributed by atoms with Crippen LogP contribution in [0.3, 0.4) is 0 Å². The Balaban J connectivity index is 1.64. The van der Waals surface area contributed by atoms with E-state index in [4.69, 9.17) is 4.74 Å². The molecule has 1 amide bonds. The quantitative estimate of drug-likeness (QED) is 0.828. The van der Waals surface area contributed by atoms with Gasteiger partial charge in [-0.1, -0.05) is 0 Å². The second kappa shape index (κ2) is 7.62. The van der Waals surface area contributed by atoms with Crippen molar-refractivity contribution >= 4 is 6.09 Å². The van der Waals surface area contributed by atoms with Gasteiger partial charge in [0.15, 0.2) is 0 Å². The molecule has 0 radical (unpaired) electrons. The molecule has 0 aromatic heterocycles. The van der Waals surface area contributed by atoms with Crippen molar-refractivity contribution in [3.8, 4) is 0 Å².